The summed E-state index contributed by atoms with van der Waals surface area (Å²) in [5.41, 5.74) is 3.53. The molecule has 0 aliphatic carbocycles. The van der Waals surface area contributed by atoms with Crippen molar-refractivity contribution in [2.24, 2.45) is 0 Å². The van der Waals surface area contributed by atoms with E-state index in [4.69, 9.17) is 0 Å². The zero-order valence-corrected chi connectivity index (χ0v) is 12.8. The quantitative estimate of drug-likeness (QED) is 0.798. The molecule has 21 heavy (non-hydrogen) atoms. The number of pyridine rings is 1. The summed E-state index contributed by atoms with van der Waals surface area (Å²) in [6, 6.07) is 11.8. The van der Waals surface area contributed by atoms with Crippen molar-refractivity contribution in [2.45, 2.75) is 20.4 Å². The molecule has 0 aliphatic heterocycles. The third kappa shape index (κ3) is 2.81. The van der Waals surface area contributed by atoms with Crippen molar-refractivity contribution in [1.29, 1.82) is 0 Å². The van der Waals surface area contributed by atoms with Crippen LogP contribution >= 0.6 is 11.3 Å². The number of aromatic nitrogens is 1. The van der Waals surface area contributed by atoms with E-state index in [1.165, 1.54) is 10.4 Å². The highest BCUT2D eigenvalue weighted by Gasteiger charge is 2.12. The number of carbonyl (C=O) groups is 1. The van der Waals surface area contributed by atoms with Crippen molar-refractivity contribution >= 4 is 28.1 Å². The molecular formula is C17H16N2OS. The van der Waals surface area contributed by atoms with Crippen LogP contribution in [0.5, 0.6) is 0 Å². The summed E-state index contributed by atoms with van der Waals surface area (Å²) < 4.78 is 0. The smallest absolute Gasteiger partial charge is 0.253 e. The van der Waals surface area contributed by atoms with Crippen LogP contribution in [0.4, 0.5) is 0 Å². The number of aryl methyl sites for hydroxylation is 2. The van der Waals surface area contributed by atoms with Crippen molar-refractivity contribution in [2.75, 3.05) is 0 Å². The predicted molar refractivity (Wildman–Crippen MR) is 86.7 cm³/mol. The van der Waals surface area contributed by atoms with Crippen molar-refractivity contribution in [3.8, 4) is 0 Å². The largest absolute Gasteiger partial charge is 0.347 e. The molecule has 1 aromatic carbocycles. The molecule has 0 fully saturated rings. The molecule has 106 valence electrons. The summed E-state index contributed by atoms with van der Waals surface area (Å²) in [4.78, 5) is 18.1. The van der Waals surface area contributed by atoms with Crippen LogP contribution in [0.1, 0.15) is 26.5 Å². The molecule has 1 N–H and O–H groups in total. The average Bonchev–Trinajstić information content (AvgIpc) is 2.89. The van der Waals surface area contributed by atoms with Gasteiger partial charge in [0, 0.05) is 10.3 Å². The van der Waals surface area contributed by atoms with Gasteiger partial charge in [0.2, 0.25) is 0 Å². The Morgan fingerprint density at radius 1 is 1.24 bits per heavy atom. The fourth-order valence-electron chi connectivity index (χ4n) is 2.28. The second-order valence-corrected chi connectivity index (χ2v) is 6.02. The number of nitrogens with zero attached hydrogens (tertiary/aromatic N) is 1. The van der Waals surface area contributed by atoms with Gasteiger partial charge in [0.1, 0.15) is 0 Å². The topological polar surface area (TPSA) is 42.0 Å². The van der Waals surface area contributed by atoms with Gasteiger partial charge in [-0.15, -0.1) is 11.3 Å². The van der Waals surface area contributed by atoms with Crippen LogP contribution in [0, 0.1) is 13.8 Å². The standard InChI is InChI=1S/C17H16N2OS/c1-11-7-8-21-16(11)10-18-17(20)14-9-13-5-3-4-6-15(13)19-12(14)2/h3-9H,10H2,1-2H3,(H,18,20). The van der Waals surface area contributed by atoms with Gasteiger partial charge in [-0.25, -0.2) is 0 Å². The van der Waals surface area contributed by atoms with Gasteiger partial charge >= 0.3 is 0 Å². The molecule has 2 heterocycles. The van der Waals surface area contributed by atoms with Gasteiger partial charge in [-0.05, 0) is 43.0 Å². The summed E-state index contributed by atoms with van der Waals surface area (Å²) in [6.45, 7) is 4.49. The Bertz CT molecular complexity index is 807. The van der Waals surface area contributed by atoms with Gasteiger partial charge in [-0.1, -0.05) is 18.2 Å². The molecule has 0 spiro atoms. The van der Waals surface area contributed by atoms with Crippen molar-refractivity contribution in [3.05, 3.63) is 63.5 Å². The van der Waals surface area contributed by atoms with Crippen LogP contribution in [0.2, 0.25) is 0 Å². The third-order valence-electron chi connectivity index (χ3n) is 3.54. The van der Waals surface area contributed by atoms with E-state index in [9.17, 15) is 4.79 Å². The summed E-state index contributed by atoms with van der Waals surface area (Å²) >= 11 is 1.66. The summed E-state index contributed by atoms with van der Waals surface area (Å²) in [5.74, 6) is -0.0708. The van der Waals surface area contributed by atoms with Gasteiger partial charge < -0.3 is 5.32 Å². The molecule has 3 aromatic rings. The van der Waals surface area contributed by atoms with E-state index >= 15 is 0 Å². The van der Waals surface area contributed by atoms with E-state index in [0.29, 0.717) is 12.1 Å². The Kier molecular flexibility index (Phi) is 3.71. The Morgan fingerprint density at radius 3 is 2.81 bits per heavy atom. The fraction of sp³-hybridized carbons (Fsp3) is 0.176. The van der Waals surface area contributed by atoms with Crippen molar-refractivity contribution in [1.82, 2.24) is 10.3 Å². The summed E-state index contributed by atoms with van der Waals surface area (Å²) in [5, 5.41) is 6.01. The average molecular weight is 296 g/mol. The van der Waals surface area contributed by atoms with Crippen LogP contribution < -0.4 is 5.32 Å². The predicted octanol–water partition coefficient (Wildman–Crippen LogP) is 3.84. The van der Waals surface area contributed by atoms with E-state index in [1.54, 1.807) is 11.3 Å². The van der Waals surface area contributed by atoms with Gasteiger partial charge in [0.15, 0.2) is 0 Å². The zero-order valence-electron chi connectivity index (χ0n) is 12.0. The molecule has 0 unspecified atom stereocenters. The first-order chi connectivity index (χ1) is 10.1. The minimum absolute atomic E-state index is 0.0708. The van der Waals surface area contributed by atoms with Crippen molar-refractivity contribution < 1.29 is 4.79 Å². The number of rotatable bonds is 3. The molecular weight excluding hydrogens is 280 g/mol. The minimum atomic E-state index is -0.0708. The molecule has 0 saturated heterocycles. The molecule has 0 bridgehead atoms. The van der Waals surface area contributed by atoms with Gasteiger partial charge in [-0.2, -0.15) is 0 Å². The van der Waals surface area contributed by atoms with Crippen LogP contribution in [-0.2, 0) is 6.54 Å². The van der Waals surface area contributed by atoms with Gasteiger partial charge in [0.25, 0.3) is 5.91 Å². The van der Waals surface area contributed by atoms with E-state index in [0.717, 1.165) is 16.6 Å². The Balaban J connectivity index is 1.84. The maximum atomic E-state index is 12.4. The molecule has 0 radical (unpaired) electrons. The Morgan fingerprint density at radius 2 is 2.05 bits per heavy atom. The van der Waals surface area contributed by atoms with Crippen LogP contribution in [-0.4, -0.2) is 10.9 Å². The molecule has 3 rings (SSSR count). The fourth-order valence-corrected chi connectivity index (χ4v) is 3.13. The first kappa shape index (κ1) is 13.8. The lowest BCUT2D eigenvalue weighted by atomic mass is 10.1. The number of fused-ring (bicyclic) bond motifs is 1. The number of thiophene rings is 1. The number of nitrogens with one attached hydrogen (secondary N) is 1. The van der Waals surface area contributed by atoms with E-state index in [2.05, 4.69) is 23.3 Å². The molecule has 0 atom stereocenters. The van der Waals surface area contributed by atoms with Crippen LogP contribution in [0.25, 0.3) is 10.9 Å². The van der Waals surface area contributed by atoms with E-state index < -0.39 is 0 Å². The molecule has 3 nitrogen and oxygen atoms in total. The monoisotopic (exact) mass is 296 g/mol. The number of benzene rings is 1. The maximum absolute atomic E-state index is 12.4. The summed E-state index contributed by atoms with van der Waals surface area (Å²) in [6.07, 6.45) is 0. The highest BCUT2D eigenvalue weighted by atomic mass is 32.1. The molecule has 4 heteroatoms. The second kappa shape index (κ2) is 5.66. The molecule has 2 aromatic heterocycles. The van der Waals surface area contributed by atoms with Gasteiger partial charge in [-0.3, -0.25) is 9.78 Å². The lowest BCUT2D eigenvalue weighted by molar-refractivity contribution is 0.0950. The Hall–Kier alpha value is -2.20. The van der Waals surface area contributed by atoms with Crippen LogP contribution in [0.15, 0.2) is 41.8 Å². The zero-order chi connectivity index (χ0) is 14.8. The van der Waals surface area contributed by atoms with Gasteiger partial charge in [0.05, 0.1) is 23.3 Å². The SMILES string of the molecule is Cc1ccsc1CNC(=O)c1cc2ccccc2nc1C. The number of para-hydroxylation sites is 1. The van der Waals surface area contributed by atoms with Crippen LogP contribution in [0.3, 0.4) is 0 Å². The first-order valence-corrected chi connectivity index (χ1v) is 7.70. The summed E-state index contributed by atoms with van der Waals surface area (Å²) in [7, 11) is 0. The number of amides is 1. The maximum Gasteiger partial charge on any atom is 0.253 e. The number of carbonyl (C=O) groups excluding carboxylic acids is 1. The highest BCUT2D eigenvalue weighted by molar-refractivity contribution is 7.10. The van der Waals surface area contributed by atoms with E-state index in [-0.39, 0.29) is 5.91 Å². The first-order valence-electron chi connectivity index (χ1n) is 6.82. The lowest BCUT2D eigenvalue weighted by Gasteiger charge is -2.08. The number of hydrogen-bond donors (Lipinski definition) is 1. The van der Waals surface area contributed by atoms with E-state index in [1.807, 2.05) is 42.6 Å². The lowest BCUT2D eigenvalue weighted by Crippen LogP contribution is -2.23. The minimum Gasteiger partial charge on any atom is -0.347 e. The van der Waals surface area contributed by atoms with Crippen molar-refractivity contribution in [3.63, 3.8) is 0 Å². The normalized spacial score (nSPS) is 10.8. The number of hydrogen-bond acceptors (Lipinski definition) is 3. The molecule has 1 amide bonds. The Labute approximate surface area is 127 Å². The highest BCUT2D eigenvalue weighted by Crippen LogP contribution is 2.18. The molecule has 0 aliphatic rings. The molecule has 0 saturated carbocycles. The third-order valence-corrected chi connectivity index (χ3v) is 4.56. The second-order valence-electron chi connectivity index (χ2n) is 5.02.